The summed E-state index contributed by atoms with van der Waals surface area (Å²) in [4.78, 5) is 35.1. The maximum Gasteiger partial charge on any atom is 0.410 e. The number of anilines is 1. The van der Waals surface area contributed by atoms with E-state index in [-0.39, 0.29) is 23.7 Å². The van der Waals surface area contributed by atoms with Gasteiger partial charge < -0.3 is 14.4 Å². The van der Waals surface area contributed by atoms with Crippen molar-refractivity contribution in [3.63, 3.8) is 0 Å². The molecule has 6 heterocycles. The molecule has 45 heavy (non-hydrogen) atoms. The molecule has 4 aromatic rings. The molecule has 2 bridgehead atoms. The van der Waals surface area contributed by atoms with Gasteiger partial charge in [0.1, 0.15) is 18.0 Å². The van der Waals surface area contributed by atoms with Gasteiger partial charge in [0.2, 0.25) is 0 Å². The van der Waals surface area contributed by atoms with E-state index >= 15 is 0 Å². The van der Waals surface area contributed by atoms with Gasteiger partial charge in [-0.2, -0.15) is 9.97 Å². The standard InChI is InChI=1S/C36H42N6O3/c1-35(2,3)45-34(43)42-25-13-14-26(42)22-40(21-25)32-29-20-37-30(28-12-6-10-24-9-4-5-11-27(24)28)19-31(29)38-33(39-32)44-23-36-15-7-17-41(36)18-8-16-36/h4-6,9-12,19-20,25-26H,7-8,13-18,21-23H2,1-3H3. The topological polar surface area (TPSA) is 83.9 Å². The minimum Gasteiger partial charge on any atom is -0.461 e. The van der Waals surface area contributed by atoms with E-state index in [9.17, 15) is 4.79 Å². The zero-order chi connectivity index (χ0) is 30.8. The first kappa shape index (κ1) is 28.5. The van der Waals surface area contributed by atoms with Crippen molar-refractivity contribution in [1.82, 2.24) is 24.8 Å². The molecule has 8 rings (SSSR count). The molecule has 9 nitrogen and oxygen atoms in total. The van der Waals surface area contributed by atoms with Crippen molar-refractivity contribution < 1.29 is 14.3 Å². The zero-order valence-corrected chi connectivity index (χ0v) is 26.5. The van der Waals surface area contributed by atoms with Gasteiger partial charge in [0.15, 0.2) is 0 Å². The molecule has 4 aliphatic rings. The predicted molar refractivity (Wildman–Crippen MR) is 176 cm³/mol. The van der Waals surface area contributed by atoms with Crippen LogP contribution in [-0.2, 0) is 4.74 Å². The van der Waals surface area contributed by atoms with E-state index in [0.29, 0.717) is 25.7 Å². The van der Waals surface area contributed by atoms with Crippen LogP contribution in [0.2, 0.25) is 0 Å². The summed E-state index contributed by atoms with van der Waals surface area (Å²) in [5.41, 5.74) is 2.35. The molecule has 0 aliphatic carbocycles. The first-order chi connectivity index (χ1) is 21.8. The number of hydrogen-bond donors (Lipinski definition) is 0. The van der Waals surface area contributed by atoms with Gasteiger partial charge in [0, 0.05) is 24.8 Å². The molecule has 4 saturated heterocycles. The summed E-state index contributed by atoms with van der Waals surface area (Å²) in [6.07, 6.45) is 8.38. The maximum atomic E-state index is 13.2. The lowest BCUT2D eigenvalue weighted by molar-refractivity contribution is 0.0122. The Hall–Kier alpha value is -3.98. The van der Waals surface area contributed by atoms with Crippen LogP contribution in [0.15, 0.2) is 54.7 Å². The molecule has 0 N–H and O–H groups in total. The number of carbonyl (C=O) groups excluding carboxylic acids is 1. The molecular formula is C36H42N6O3. The van der Waals surface area contributed by atoms with E-state index in [0.717, 1.165) is 59.3 Å². The quantitative estimate of drug-likeness (QED) is 0.257. The molecule has 9 heteroatoms. The van der Waals surface area contributed by atoms with Crippen LogP contribution in [0.25, 0.3) is 32.9 Å². The molecule has 2 unspecified atom stereocenters. The average molecular weight is 607 g/mol. The van der Waals surface area contributed by atoms with Gasteiger partial charge in [-0.3, -0.25) is 14.8 Å². The monoisotopic (exact) mass is 606 g/mol. The Labute approximate surface area is 264 Å². The Bertz CT molecular complexity index is 1740. The Kier molecular flexibility index (Phi) is 6.85. The number of piperazine rings is 1. The molecule has 0 spiro atoms. The van der Waals surface area contributed by atoms with Crippen molar-refractivity contribution in [2.24, 2.45) is 0 Å². The predicted octanol–water partition coefficient (Wildman–Crippen LogP) is 6.44. The van der Waals surface area contributed by atoms with Crippen LogP contribution in [0.5, 0.6) is 6.01 Å². The van der Waals surface area contributed by atoms with E-state index in [1.165, 1.54) is 31.1 Å². The number of carbonyl (C=O) groups is 1. The number of fused-ring (bicyclic) bond motifs is 5. The number of rotatable bonds is 5. The molecule has 0 saturated carbocycles. The average Bonchev–Trinajstić information content (AvgIpc) is 3.69. The van der Waals surface area contributed by atoms with E-state index in [1.54, 1.807) is 0 Å². The first-order valence-corrected chi connectivity index (χ1v) is 16.6. The van der Waals surface area contributed by atoms with E-state index in [4.69, 9.17) is 24.4 Å². The summed E-state index contributed by atoms with van der Waals surface area (Å²) in [5.74, 6) is 0.833. The zero-order valence-electron chi connectivity index (χ0n) is 26.5. The summed E-state index contributed by atoms with van der Waals surface area (Å²) < 4.78 is 12.3. The highest BCUT2D eigenvalue weighted by atomic mass is 16.6. The van der Waals surface area contributed by atoms with Gasteiger partial charge in [0.05, 0.1) is 34.2 Å². The second kappa shape index (κ2) is 10.8. The highest BCUT2D eigenvalue weighted by molar-refractivity contribution is 5.98. The van der Waals surface area contributed by atoms with Gasteiger partial charge in [0.25, 0.3) is 0 Å². The Morgan fingerprint density at radius 2 is 1.69 bits per heavy atom. The van der Waals surface area contributed by atoms with Gasteiger partial charge in [-0.05, 0) is 89.2 Å². The highest BCUT2D eigenvalue weighted by Crippen LogP contribution is 2.40. The summed E-state index contributed by atoms with van der Waals surface area (Å²) in [5, 5.41) is 3.24. The molecule has 4 aliphatic heterocycles. The summed E-state index contributed by atoms with van der Waals surface area (Å²) in [6.45, 7) is 10.0. The number of ether oxygens (including phenoxy) is 2. The van der Waals surface area contributed by atoms with Crippen LogP contribution in [0.3, 0.4) is 0 Å². The van der Waals surface area contributed by atoms with Gasteiger partial charge in [-0.25, -0.2) is 4.79 Å². The minimum absolute atomic E-state index is 0.0697. The second-order valence-corrected chi connectivity index (χ2v) is 14.3. The normalized spacial score (nSPS) is 22.7. The number of amides is 1. The van der Waals surface area contributed by atoms with Crippen molar-refractivity contribution in [3.8, 4) is 17.3 Å². The largest absolute Gasteiger partial charge is 0.461 e. The maximum absolute atomic E-state index is 13.2. The molecule has 4 fully saturated rings. The first-order valence-electron chi connectivity index (χ1n) is 16.6. The fourth-order valence-electron chi connectivity index (χ4n) is 8.24. The van der Waals surface area contributed by atoms with Crippen LogP contribution >= 0.6 is 0 Å². The van der Waals surface area contributed by atoms with Crippen molar-refractivity contribution in [1.29, 1.82) is 0 Å². The molecule has 0 radical (unpaired) electrons. The van der Waals surface area contributed by atoms with Crippen LogP contribution in [0.1, 0.15) is 59.3 Å². The lowest BCUT2D eigenvalue weighted by Crippen LogP contribution is -2.57. The minimum atomic E-state index is -0.524. The smallest absolute Gasteiger partial charge is 0.410 e. The van der Waals surface area contributed by atoms with Crippen LogP contribution in [0.4, 0.5) is 10.6 Å². The fraction of sp³-hybridized carbons (Fsp3) is 0.500. The summed E-state index contributed by atoms with van der Waals surface area (Å²) in [7, 11) is 0. The molecule has 234 valence electrons. The van der Waals surface area contributed by atoms with E-state index in [2.05, 4.69) is 58.3 Å². The lowest BCUT2D eigenvalue weighted by atomic mass is 9.95. The molecule has 2 aromatic carbocycles. The SMILES string of the molecule is CC(C)(C)OC(=O)N1C2CCC1CN(c1nc(OCC34CCCN3CCC4)nc3cc(-c4cccc5ccccc45)ncc13)C2. The highest BCUT2D eigenvalue weighted by Gasteiger charge is 2.46. The lowest BCUT2D eigenvalue weighted by Gasteiger charge is -2.42. The molecule has 2 aromatic heterocycles. The molecular weight excluding hydrogens is 564 g/mol. The number of hydrogen-bond acceptors (Lipinski definition) is 8. The third-order valence-electron chi connectivity index (χ3n) is 10.3. The van der Waals surface area contributed by atoms with Crippen molar-refractivity contribution >= 4 is 33.6 Å². The second-order valence-electron chi connectivity index (χ2n) is 14.3. The third kappa shape index (κ3) is 5.15. The van der Waals surface area contributed by atoms with E-state index in [1.807, 2.05) is 31.9 Å². The van der Waals surface area contributed by atoms with E-state index < -0.39 is 5.60 Å². The molecule has 1 amide bonds. The number of nitrogens with zero attached hydrogens (tertiary/aromatic N) is 6. The Morgan fingerprint density at radius 1 is 0.956 bits per heavy atom. The van der Waals surface area contributed by atoms with Crippen LogP contribution in [0, 0.1) is 0 Å². The Balaban J connectivity index is 1.16. The van der Waals surface area contributed by atoms with Gasteiger partial charge in [-0.1, -0.05) is 42.5 Å². The Morgan fingerprint density at radius 3 is 2.44 bits per heavy atom. The van der Waals surface area contributed by atoms with Crippen LogP contribution in [-0.4, -0.2) is 86.9 Å². The number of benzene rings is 2. The third-order valence-corrected chi connectivity index (χ3v) is 10.3. The van der Waals surface area contributed by atoms with Crippen molar-refractivity contribution in [2.45, 2.75) is 82.5 Å². The summed E-state index contributed by atoms with van der Waals surface area (Å²) >= 11 is 0. The fourth-order valence-corrected chi connectivity index (χ4v) is 8.24. The van der Waals surface area contributed by atoms with Gasteiger partial charge in [-0.15, -0.1) is 0 Å². The van der Waals surface area contributed by atoms with Crippen molar-refractivity contribution in [2.75, 3.05) is 37.7 Å². The van der Waals surface area contributed by atoms with Crippen LogP contribution < -0.4 is 9.64 Å². The number of pyridine rings is 1. The van der Waals surface area contributed by atoms with Gasteiger partial charge >= 0.3 is 12.1 Å². The van der Waals surface area contributed by atoms with Crippen molar-refractivity contribution in [3.05, 3.63) is 54.7 Å². The number of aromatic nitrogens is 3. The summed E-state index contributed by atoms with van der Waals surface area (Å²) in [6, 6.07) is 17.4. The molecule has 2 atom stereocenters.